The first-order valence-electron chi connectivity index (χ1n) is 9.67. The Labute approximate surface area is 189 Å². The van der Waals surface area contributed by atoms with Crippen molar-refractivity contribution in [2.45, 2.75) is 13.0 Å². The lowest BCUT2D eigenvalue weighted by Gasteiger charge is -2.08. The average molecular weight is 450 g/mol. The minimum absolute atomic E-state index is 0.0739. The normalized spacial score (nSPS) is 10.8. The number of ether oxygens (including phenoxy) is 1. The monoisotopic (exact) mass is 449 g/mol. The summed E-state index contributed by atoms with van der Waals surface area (Å²) in [6.45, 7) is 0.110. The van der Waals surface area contributed by atoms with Crippen LogP contribution in [-0.2, 0) is 24.8 Å². The van der Waals surface area contributed by atoms with E-state index in [2.05, 4.69) is 20.1 Å². The van der Waals surface area contributed by atoms with Gasteiger partial charge in [0.05, 0.1) is 11.3 Å². The summed E-state index contributed by atoms with van der Waals surface area (Å²) < 4.78 is 7.10. The fraction of sp³-hybridized carbons (Fsp3) is 0.136. The lowest BCUT2D eigenvalue weighted by atomic mass is 10.0. The number of carbonyl (C=O) groups is 1. The van der Waals surface area contributed by atoms with Gasteiger partial charge in [0, 0.05) is 37.5 Å². The molecule has 1 aromatic carbocycles. The van der Waals surface area contributed by atoms with Crippen LogP contribution in [0.4, 0.5) is 11.8 Å². The maximum absolute atomic E-state index is 12.5. The number of esters is 1. The van der Waals surface area contributed by atoms with Gasteiger partial charge in [0.1, 0.15) is 23.3 Å². The zero-order chi connectivity index (χ0) is 22.7. The summed E-state index contributed by atoms with van der Waals surface area (Å²) in [5.74, 6) is 0.0216. The number of hydrogen-bond acceptors (Lipinski definition) is 8. The van der Waals surface area contributed by atoms with E-state index in [1.165, 1.54) is 0 Å². The number of carbonyl (C=O) groups excluding carboxylic acids is 1. The summed E-state index contributed by atoms with van der Waals surface area (Å²) in [5, 5.41) is 4.73. The van der Waals surface area contributed by atoms with E-state index < -0.39 is 5.97 Å². The molecule has 0 unspecified atom stereocenters. The fourth-order valence-corrected chi connectivity index (χ4v) is 3.47. The maximum atomic E-state index is 12.5. The summed E-state index contributed by atoms with van der Waals surface area (Å²) in [6.07, 6.45) is 3.98. The largest absolute Gasteiger partial charge is 0.457 e. The molecule has 4 N–H and O–H groups in total. The molecule has 32 heavy (non-hydrogen) atoms. The van der Waals surface area contributed by atoms with Crippen molar-refractivity contribution >= 4 is 29.3 Å². The average Bonchev–Trinajstić information content (AvgIpc) is 3.11. The van der Waals surface area contributed by atoms with E-state index >= 15 is 0 Å². The van der Waals surface area contributed by atoms with Crippen molar-refractivity contribution in [1.29, 1.82) is 0 Å². The van der Waals surface area contributed by atoms with Crippen molar-refractivity contribution < 1.29 is 9.53 Å². The molecule has 0 saturated carbocycles. The zero-order valence-electron chi connectivity index (χ0n) is 17.2. The van der Waals surface area contributed by atoms with Crippen molar-refractivity contribution in [2.75, 3.05) is 11.5 Å². The van der Waals surface area contributed by atoms with Crippen LogP contribution in [0.1, 0.15) is 27.0 Å². The number of aromatic nitrogens is 5. The van der Waals surface area contributed by atoms with Crippen molar-refractivity contribution in [3.8, 4) is 11.4 Å². The van der Waals surface area contributed by atoms with Gasteiger partial charge in [0.25, 0.3) is 0 Å². The van der Waals surface area contributed by atoms with Gasteiger partial charge in [0.2, 0.25) is 5.95 Å². The molecule has 0 bridgehead atoms. The number of aryl methyl sites for hydroxylation is 1. The summed E-state index contributed by atoms with van der Waals surface area (Å²) in [5.41, 5.74) is 15.6. The summed E-state index contributed by atoms with van der Waals surface area (Å²) in [4.78, 5) is 24.6. The van der Waals surface area contributed by atoms with Crippen LogP contribution in [0.5, 0.6) is 0 Å². The Morgan fingerprint density at radius 3 is 2.75 bits per heavy atom. The Bertz CT molecular complexity index is 1270. The van der Waals surface area contributed by atoms with Crippen LogP contribution < -0.4 is 11.5 Å². The van der Waals surface area contributed by atoms with Crippen LogP contribution in [0.2, 0.25) is 5.15 Å². The Balaban J connectivity index is 1.53. The Hall–Kier alpha value is -3.98. The standard InChI is InChI=1S/C22H20ClN7O2/c1-30-11-16(20(29-30)17-10-18(23)28-22(25)27-17)8-13-3-2-4-15(7-13)21(31)32-12-14-5-6-26-19(24)9-14/h2-7,9-11H,8,12H2,1H3,(H2,24,26)(H2,25,27,28). The number of hydrogen-bond donors (Lipinski definition) is 2. The topological polar surface area (TPSA) is 135 Å². The van der Waals surface area contributed by atoms with Crippen LogP contribution in [0.3, 0.4) is 0 Å². The van der Waals surface area contributed by atoms with Gasteiger partial charge in [-0.3, -0.25) is 4.68 Å². The molecule has 9 nitrogen and oxygen atoms in total. The fourth-order valence-electron chi connectivity index (χ4n) is 3.28. The van der Waals surface area contributed by atoms with Crippen LogP contribution in [0, 0.1) is 0 Å². The molecular formula is C22H20ClN7O2. The Morgan fingerprint density at radius 2 is 1.97 bits per heavy atom. The van der Waals surface area contributed by atoms with Crippen LogP contribution in [0.25, 0.3) is 11.4 Å². The van der Waals surface area contributed by atoms with Crippen molar-refractivity contribution in [2.24, 2.45) is 7.05 Å². The Morgan fingerprint density at radius 1 is 1.12 bits per heavy atom. The molecule has 3 aromatic heterocycles. The van der Waals surface area contributed by atoms with Crippen molar-refractivity contribution in [3.05, 3.63) is 82.3 Å². The Kier molecular flexibility index (Phi) is 6.00. The number of nitrogens with zero attached hydrogens (tertiary/aromatic N) is 5. The molecule has 0 aliphatic carbocycles. The van der Waals surface area contributed by atoms with Crippen LogP contribution >= 0.6 is 11.6 Å². The highest BCUT2D eigenvalue weighted by Gasteiger charge is 2.15. The van der Waals surface area contributed by atoms with Gasteiger partial charge in [-0.2, -0.15) is 5.10 Å². The number of benzene rings is 1. The molecule has 0 saturated heterocycles. The first-order chi connectivity index (χ1) is 15.4. The SMILES string of the molecule is Cn1cc(Cc2cccc(C(=O)OCc3ccnc(N)c3)c2)c(-c2cc(Cl)nc(N)n2)n1. The lowest BCUT2D eigenvalue weighted by Crippen LogP contribution is -2.06. The van der Waals surface area contributed by atoms with Crippen molar-refractivity contribution in [3.63, 3.8) is 0 Å². The highest BCUT2D eigenvalue weighted by molar-refractivity contribution is 6.29. The molecule has 4 rings (SSSR count). The predicted molar refractivity (Wildman–Crippen MR) is 121 cm³/mol. The maximum Gasteiger partial charge on any atom is 0.338 e. The first kappa shape index (κ1) is 21.3. The van der Waals surface area contributed by atoms with Gasteiger partial charge < -0.3 is 16.2 Å². The second-order valence-corrected chi connectivity index (χ2v) is 7.54. The molecule has 0 amide bonds. The highest BCUT2D eigenvalue weighted by Crippen LogP contribution is 2.25. The van der Waals surface area contributed by atoms with Gasteiger partial charge >= 0.3 is 5.97 Å². The molecule has 0 atom stereocenters. The van der Waals surface area contributed by atoms with Crippen molar-refractivity contribution in [1.82, 2.24) is 24.7 Å². The molecular weight excluding hydrogens is 430 g/mol. The van der Waals surface area contributed by atoms with Crippen LogP contribution in [-0.4, -0.2) is 30.7 Å². The second-order valence-electron chi connectivity index (χ2n) is 7.15. The molecule has 4 aromatic rings. The number of pyridine rings is 1. The zero-order valence-corrected chi connectivity index (χ0v) is 18.0. The van der Waals surface area contributed by atoms with E-state index in [1.807, 2.05) is 25.4 Å². The molecule has 3 heterocycles. The number of anilines is 2. The smallest absolute Gasteiger partial charge is 0.338 e. The van der Waals surface area contributed by atoms with E-state index in [1.54, 1.807) is 41.2 Å². The van der Waals surface area contributed by atoms with Gasteiger partial charge in [-0.1, -0.05) is 23.7 Å². The van der Waals surface area contributed by atoms with E-state index in [0.29, 0.717) is 29.2 Å². The van der Waals surface area contributed by atoms with E-state index in [0.717, 1.165) is 16.7 Å². The third-order valence-electron chi connectivity index (χ3n) is 4.63. The van der Waals surface area contributed by atoms with Crippen LogP contribution in [0.15, 0.2) is 54.9 Å². The number of halogens is 1. The third kappa shape index (κ3) is 5.01. The number of nitrogen functional groups attached to an aromatic ring is 2. The third-order valence-corrected chi connectivity index (χ3v) is 4.83. The summed E-state index contributed by atoms with van der Waals surface area (Å²) >= 11 is 6.03. The quantitative estimate of drug-likeness (QED) is 0.338. The van der Waals surface area contributed by atoms with Gasteiger partial charge in [-0.25, -0.2) is 19.7 Å². The highest BCUT2D eigenvalue weighted by atomic mass is 35.5. The predicted octanol–water partition coefficient (Wildman–Crippen LogP) is 3.04. The first-order valence-corrected chi connectivity index (χ1v) is 10.0. The molecule has 10 heteroatoms. The molecule has 162 valence electrons. The van der Waals surface area contributed by atoms with Gasteiger partial charge in [0.15, 0.2) is 0 Å². The molecule has 0 radical (unpaired) electrons. The van der Waals surface area contributed by atoms with Gasteiger partial charge in [-0.05, 0) is 35.4 Å². The molecule has 0 aliphatic rings. The minimum Gasteiger partial charge on any atom is -0.457 e. The van der Waals surface area contributed by atoms with Gasteiger partial charge in [-0.15, -0.1) is 0 Å². The summed E-state index contributed by atoms with van der Waals surface area (Å²) in [7, 11) is 1.82. The molecule has 0 fully saturated rings. The number of rotatable bonds is 6. The van der Waals surface area contributed by atoms with E-state index in [-0.39, 0.29) is 17.7 Å². The second kappa shape index (κ2) is 9.03. The minimum atomic E-state index is -0.427. The molecule has 0 spiro atoms. The van der Waals surface area contributed by atoms with E-state index in [4.69, 9.17) is 27.8 Å². The van der Waals surface area contributed by atoms with E-state index in [9.17, 15) is 4.79 Å². The number of nitrogens with two attached hydrogens (primary N) is 2. The lowest BCUT2D eigenvalue weighted by molar-refractivity contribution is 0.0472. The molecule has 0 aliphatic heterocycles. The summed E-state index contributed by atoms with van der Waals surface area (Å²) in [6, 6.07) is 12.3.